The zero-order valence-electron chi connectivity index (χ0n) is 8.07. The first-order chi connectivity index (χ1) is 6.81. The Morgan fingerprint density at radius 2 is 2.07 bits per heavy atom. The fourth-order valence-electron chi connectivity index (χ4n) is 1.72. The SMILES string of the molecule is CS[C@@H]1C(=O)N[C@H]1Cc1ccccc1. The van der Waals surface area contributed by atoms with Crippen molar-refractivity contribution in [2.45, 2.75) is 17.7 Å². The number of thioether (sulfide) groups is 1. The van der Waals surface area contributed by atoms with Gasteiger partial charge in [0.05, 0.1) is 6.04 Å². The van der Waals surface area contributed by atoms with E-state index in [1.165, 1.54) is 5.56 Å². The molecule has 1 heterocycles. The molecule has 3 heteroatoms. The lowest BCUT2D eigenvalue weighted by Gasteiger charge is -2.35. The second-order valence-corrected chi connectivity index (χ2v) is 4.44. The van der Waals surface area contributed by atoms with Gasteiger partial charge in [0.1, 0.15) is 5.25 Å². The van der Waals surface area contributed by atoms with Crippen LogP contribution in [0.15, 0.2) is 30.3 Å². The van der Waals surface area contributed by atoms with E-state index in [2.05, 4.69) is 17.4 Å². The third-order valence-corrected chi connectivity index (χ3v) is 3.55. The van der Waals surface area contributed by atoms with Gasteiger partial charge in [-0.2, -0.15) is 0 Å². The quantitative estimate of drug-likeness (QED) is 0.760. The van der Waals surface area contributed by atoms with E-state index in [0.717, 1.165) is 6.42 Å². The summed E-state index contributed by atoms with van der Waals surface area (Å²) in [7, 11) is 0. The first kappa shape index (κ1) is 9.59. The lowest BCUT2D eigenvalue weighted by molar-refractivity contribution is -0.127. The van der Waals surface area contributed by atoms with Crippen LogP contribution in [-0.2, 0) is 11.2 Å². The van der Waals surface area contributed by atoms with Gasteiger partial charge in [-0.25, -0.2) is 0 Å². The Hall–Kier alpha value is -0.960. The van der Waals surface area contributed by atoms with Crippen molar-refractivity contribution >= 4 is 17.7 Å². The maximum atomic E-state index is 11.1. The normalized spacial score (nSPS) is 25.4. The Balaban J connectivity index is 1.97. The van der Waals surface area contributed by atoms with Crippen LogP contribution in [0.3, 0.4) is 0 Å². The molecule has 1 aliphatic heterocycles. The Bertz CT molecular complexity index is 325. The standard InChI is InChI=1S/C11H13NOS/c1-14-10-9(12-11(10)13)7-8-5-3-2-4-6-8/h2-6,9-10H,7H2,1H3,(H,12,13)/t9-,10-/m0/s1. The predicted molar refractivity (Wildman–Crippen MR) is 59.4 cm³/mol. The molecule has 1 aromatic rings. The van der Waals surface area contributed by atoms with E-state index in [1.807, 2.05) is 24.5 Å². The number of rotatable bonds is 3. The molecule has 0 aliphatic carbocycles. The van der Waals surface area contributed by atoms with E-state index in [9.17, 15) is 4.79 Å². The van der Waals surface area contributed by atoms with Crippen LogP contribution in [0.4, 0.5) is 0 Å². The van der Waals surface area contributed by atoms with Crippen LogP contribution in [0.1, 0.15) is 5.56 Å². The summed E-state index contributed by atoms with van der Waals surface area (Å²) in [5.74, 6) is 0.179. The summed E-state index contributed by atoms with van der Waals surface area (Å²) in [6.07, 6.45) is 2.93. The minimum atomic E-state index is 0.148. The number of hydrogen-bond donors (Lipinski definition) is 1. The zero-order chi connectivity index (χ0) is 9.97. The minimum Gasteiger partial charge on any atom is -0.350 e. The average molecular weight is 207 g/mol. The zero-order valence-corrected chi connectivity index (χ0v) is 8.88. The third kappa shape index (κ3) is 1.77. The molecule has 1 amide bonds. The van der Waals surface area contributed by atoms with Crippen LogP contribution in [0, 0.1) is 0 Å². The van der Waals surface area contributed by atoms with Gasteiger partial charge < -0.3 is 5.32 Å². The number of hydrogen-bond acceptors (Lipinski definition) is 2. The molecule has 0 radical (unpaired) electrons. The summed E-state index contributed by atoms with van der Waals surface area (Å²) >= 11 is 1.63. The van der Waals surface area contributed by atoms with Crippen LogP contribution in [0.25, 0.3) is 0 Å². The lowest BCUT2D eigenvalue weighted by atomic mass is 9.97. The Morgan fingerprint density at radius 1 is 1.36 bits per heavy atom. The maximum Gasteiger partial charge on any atom is 0.235 e. The van der Waals surface area contributed by atoms with Crippen molar-refractivity contribution in [2.75, 3.05) is 6.26 Å². The number of β-lactam (4-membered cyclic amide) rings is 1. The second-order valence-electron chi connectivity index (χ2n) is 3.46. The molecule has 1 saturated heterocycles. The van der Waals surface area contributed by atoms with Gasteiger partial charge in [-0.15, -0.1) is 11.8 Å². The van der Waals surface area contributed by atoms with Crippen LogP contribution in [-0.4, -0.2) is 23.5 Å². The summed E-state index contributed by atoms with van der Waals surface area (Å²) in [4.78, 5) is 11.1. The van der Waals surface area contributed by atoms with Crippen molar-refractivity contribution in [1.29, 1.82) is 0 Å². The fraction of sp³-hybridized carbons (Fsp3) is 0.364. The summed E-state index contributed by atoms with van der Waals surface area (Å²) in [5, 5.41) is 3.08. The molecule has 2 atom stereocenters. The monoisotopic (exact) mass is 207 g/mol. The highest BCUT2D eigenvalue weighted by molar-refractivity contribution is 8.00. The van der Waals surface area contributed by atoms with Gasteiger partial charge in [0.25, 0.3) is 0 Å². The van der Waals surface area contributed by atoms with Crippen LogP contribution in [0.2, 0.25) is 0 Å². The van der Waals surface area contributed by atoms with Gasteiger partial charge >= 0.3 is 0 Å². The number of carbonyl (C=O) groups is 1. The minimum absolute atomic E-state index is 0.148. The number of carbonyl (C=O) groups excluding carboxylic acids is 1. The Kier molecular flexibility index (Phi) is 2.77. The summed E-state index contributed by atoms with van der Waals surface area (Å²) in [6.45, 7) is 0. The molecule has 1 aromatic carbocycles. The van der Waals surface area contributed by atoms with Crippen LogP contribution >= 0.6 is 11.8 Å². The Labute approximate surface area is 88.1 Å². The second kappa shape index (κ2) is 4.05. The number of nitrogens with one attached hydrogen (secondary N) is 1. The molecule has 74 valence electrons. The highest BCUT2D eigenvalue weighted by atomic mass is 32.2. The molecule has 2 nitrogen and oxygen atoms in total. The summed E-state index contributed by atoms with van der Waals surface area (Å²) in [6, 6.07) is 10.6. The molecular formula is C11H13NOS. The Morgan fingerprint density at radius 3 is 2.64 bits per heavy atom. The highest BCUT2D eigenvalue weighted by Gasteiger charge is 2.38. The van der Waals surface area contributed by atoms with Crippen molar-refractivity contribution in [3.05, 3.63) is 35.9 Å². The van der Waals surface area contributed by atoms with Crippen LogP contribution < -0.4 is 5.32 Å². The van der Waals surface area contributed by atoms with Crippen molar-refractivity contribution < 1.29 is 4.79 Å². The van der Waals surface area contributed by atoms with Gasteiger partial charge in [-0.1, -0.05) is 30.3 Å². The molecule has 0 unspecified atom stereocenters. The predicted octanol–water partition coefficient (Wildman–Crippen LogP) is 1.46. The highest BCUT2D eigenvalue weighted by Crippen LogP contribution is 2.22. The first-order valence-electron chi connectivity index (χ1n) is 4.68. The van der Waals surface area contributed by atoms with Gasteiger partial charge in [-0.05, 0) is 18.2 Å². The molecule has 1 N–H and O–H groups in total. The largest absolute Gasteiger partial charge is 0.350 e. The molecular weight excluding hydrogens is 194 g/mol. The molecule has 0 spiro atoms. The molecule has 0 saturated carbocycles. The smallest absolute Gasteiger partial charge is 0.235 e. The van der Waals surface area contributed by atoms with E-state index >= 15 is 0 Å². The fourth-order valence-corrected chi connectivity index (χ4v) is 2.50. The van der Waals surface area contributed by atoms with Crippen molar-refractivity contribution in [3.63, 3.8) is 0 Å². The molecule has 1 aliphatic rings. The van der Waals surface area contributed by atoms with Crippen molar-refractivity contribution in [1.82, 2.24) is 5.32 Å². The van der Waals surface area contributed by atoms with Gasteiger partial charge in [0.15, 0.2) is 0 Å². The molecule has 0 aromatic heterocycles. The topological polar surface area (TPSA) is 29.1 Å². The van der Waals surface area contributed by atoms with Gasteiger partial charge in [0, 0.05) is 0 Å². The van der Waals surface area contributed by atoms with E-state index < -0.39 is 0 Å². The summed E-state index contributed by atoms with van der Waals surface area (Å²) < 4.78 is 0. The average Bonchev–Trinajstić information content (AvgIpc) is 2.19. The molecule has 1 fully saturated rings. The number of amides is 1. The van der Waals surface area contributed by atoms with Crippen LogP contribution in [0.5, 0.6) is 0 Å². The molecule has 0 bridgehead atoms. The molecule has 2 rings (SSSR count). The third-order valence-electron chi connectivity index (χ3n) is 2.50. The lowest BCUT2D eigenvalue weighted by Crippen LogP contribution is -2.61. The van der Waals surface area contributed by atoms with Crippen molar-refractivity contribution in [2.24, 2.45) is 0 Å². The maximum absolute atomic E-state index is 11.1. The number of benzene rings is 1. The van der Waals surface area contributed by atoms with E-state index in [-0.39, 0.29) is 11.2 Å². The first-order valence-corrected chi connectivity index (χ1v) is 5.97. The van der Waals surface area contributed by atoms with Gasteiger partial charge in [0.2, 0.25) is 5.91 Å². The van der Waals surface area contributed by atoms with E-state index in [0.29, 0.717) is 6.04 Å². The van der Waals surface area contributed by atoms with Crippen molar-refractivity contribution in [3.8, 4) is 0 Å². The van der Waals surface area contributed by atoms with Gasteiger partial charge in [-0.3, -0.25) is 4.79 Å². The van der Waals surface area contributed by atoms with E-state index in [1.54, 1.807) is 11.8 Å². The summed E-state index contributed by atoms with van der Waals surface area (Å²) in [5.41, 5.74) is 1.29. The van der Waals surface area contributed by atoms with E-state index in [4.69, 9.17) is 0 Å². The molecule has 14 heavy (non-hydrogen) atoms.